The number of nitrogens with zero attached hydrogens (tertiary/aromatic N) is 3. The van der Waals surface area contributed by atoms with E-state index < -0.39 is 0 Å². The molecule has 0 bridgehead atoms. The Bertz CT molecular complexity index is 1030. The second kappa shape index (κ2) is 8.95. The second-order valence-electron chi connectivity index (χ2n) is 7.54. The van der Waals surface area contributed by atoms with Gasteiger partial charge < -0.3 is 14.7 Å². The Kier molecular flexibility index (Phi) is 5.93. The van der Waals surface area contributed by atoms with E-state index in [0.717, 1.165) is 54.0 Å². The SMILES string of the molecule is Cc1cc(-c2cc(-c3ccc(OCC(=O)N4CCCCC4)cc3)ncn2)ccc1O. The highest BCUT2D eigenvalue weighted by molar-refractivity contribution is 5.78. The van der Waals surface area contributed by atoms with E-state index in [1.807, 2.05) is 54.3 Å². The number of ether oxygens (including phenoxy) is 1. The number of carbonyl (C=O) groups excluding carboxylic acids is 1. The summed E-state index contributed by atoms with van der Waals surface area (Å²) in [5, 5.41) is 9.73. The third-order valence-electron chi connectivity index (χ3n) is 5.38. The van der Waals surface area contributed by atoms with Crippen molar-refractivity contribution in [2.24, 2.45) is 0 Å². The number of carbonyl (C=O) groups is 1. The Labute approximate surface area is 176 Å². The zero-order chi connectivity index (χ0) is 20.9. The molecule has 1 aromatic heterocycles. The third-order valence-corrected chi connectivity index (χ3v) is 5.38. The summed E-state index contributed by atoms with van der Waals surface area (Å²) < 4.78 is 5.68. The van der Waals surface area contributed by atoms with Gasteiger partial charge in [0.25, 0.3) is 5.91 Å². The summed E-state index contributed by atoms with van der Waals surface area (Å²) in [5.74, 6) is 0.971. The van der Waals surface area contributed by atoms with Gasteiger partial charge in [0.05, 0.1) is 11.4 Å². The van der Waals surface area contributed by atoms with E-state index in [-0.39, 0.29) is 18.3 Å². The minimum absolute atomic E-state index is 0.0448. The molecule has 0 spiro atoms. The van der Waals surface area contributed by atoms with Gasteiger partial charge >= 0.3 is 0 Å². The number of likely N-dealkylation sites (tertiary alicyclic amines) is 1. The van der Waals surface area contributed by atoms with Crippen molar-refractivity contribution in [2.45, 2.75) is 26.2 Å². The first-order valence-electron chi connectivity index (χ1n) is 10.2. The number of aromatic hydroxyl groups is 1. The van der Waals surface area contributed by atoms with Gasteiger partial charge in [0, 0.05) is 24.2 Å². The lowest BCUT2D eigenvalue weighted by Crippen LogP contribution is -2.38. The van der Waals surface area contributed by atoms with Crippen LogP contribution in [0.4, 0.5) is 0 Å². The topological polar surface area (TPSA) is 75.5 Å². The van der Waals surface area contributed by atoms with E-state index >= 15 is 0 Å². The quantitative estimate of drug-likeness (QED) is 0.690. The Hall–Kier alpha value is -3.41. The van der Waals surface area contributed by atoms with Crippen molar-refractivity contribution < 1.29 is 14.6 Å². The van der Waals surface area contributed by atoms with Crippen LogP contribution in [0.3, 0.4) is 0 Å². The molecule has 1 fully saturated rings. The first kappa shape index (κ1) is 19.9. The Morgan fingerprint density at radius 1 is 0.967 bits per heavy atom. The molecule has 0 saturated carbocycles. The smallest absolute Gasteiger partial charge is 0.260 e. The number of aromatic nitrogens is 2. The Morgan fingerprint density at radius 3 is 2.33 bits per heavy atom. The van der Waals surface area contributed by atoms with E-state index in [9.17, 15) is 9.90 Å². The lowest BCUT2D eigenvalue weighted by atomic mass is 10.1. The van der Waals surface area contributed by atoms with Crippen LogP contribution in [0.1, 0.15) is 24.8 Å². The van der Waals surface area contributed by atoms with Crippen molar-refractivity contribution >= 4 is 5.91 Å². The van der Waals surface area contributed by atoms with Crippen LogP contribution in [0.15, 0.2) is 54.9 Å². The molecular formula is C24H25N3O3. The lowest BCUT2D eigenvalue weighted by Gasteiger charge is -2.26. The number of phenolic OH excluding ortho intramolecular Hbond substituents is 1. The molecule has 2 aromatic carbocycles. The maximum absolute atomic E-state index is 12.2. The fourth-order valence-corrected chi connectivity index (χ4v) is 3.59. The molecule has 1 saturated heterocycles. The first-order chi connectivity index (χ1) is 14.6. The van der Waals surface area contributed by atoms with Gasteiger partial charge in [-0.1, -0.05) is 0 Å². The molecule has 4 rings (SSSR count). The number of hydrogen-bond acceptors (Lipinski definition) is 5. The molecule has 1 N–H and O–H groups in total. The summed E-state index contributed by atoms with van der Waals surface area (Å²) in [5.41, 5.74) is 4.24. The number of piperidine rings is 1. The Balaban J connectivity index is 1.43. The molecule has 30 heavy (non-hydrogen) atoms. The summed E-state index contributed by atoms with van der Waals surface area (Å²) in [6.45, 7) is 3.59. The summed E-state index contributed by atoms with van der Waals surface area (Å²) in [6.07, 6.45) is 4.88. The van der Waals surface area contributed by atoms with Gasteiger partial charge in [0.15, 0.2) is 6.61 Å². The molecule has 154 valence electrons. The van der Waals surface area contributed by atoms with Crippen LogP contribution in [-0.2, 0) is 4.79 Å². The normalized spacial score (nSPS) is 13.8. The molecule has 3 aromatic rings. The van der Waals surface area contributed by atoms with E-state index in [4.69, 9.17) is 4.74 Å². The van der Waals surface area contributed by atoms with Gasteiger partial charge in [0.2, 0.25) is 0 Å². The lowest BCUT2D eigenvalue weighted by molar-refractivity contribution is -0.134. The first-order valence-corrected chi connectivity index (χ1v) is 10.2. The molecule has 1 amide bonds. The van der Waals surface area contributed by atoms with Gasteiger partial charge in [-0.25, -0.2) is 9.97 Å². The average molecular weight is 403 g/mol. The largest absolute Gasteiger partial charge is 0.508 e. The minimum atomic E-state index is 0.0448. The minimum Gasteiger partial charge on any atom is -0.508 e. The van der Waals surface area contributed by atoms with Crippen molar-refractivity contribution in [2.75, 3.05) is 19.7 Å². The zero-order valence-electron chi connectivity index (χ0n) is 17.0. The van der Waals surface area contributed by atoms with Crippen LogP contribution in [0, 0.1) is 6.92 Å². The molecule has 6 nitrogen and oxygen atoms in total. The number of amides is 1. The zero-order valence-corrected chi connectivity index (χ0v) is 17.0. The molecule has 0 aliphatic carbocycles. The molecule has 0 unspecified atom stereocenters. The van der Waals surface area contributed by atoms with Crippen LogP contribution < -0.4 is 4.74 Å². The number of phenols is 1. The summed E-state index contributed by atoms with van der Waals surface area (Å²) in [4.78, 5) is 22.9. The maximum atomic E-state index is 12.2. The standard InChI is InChI=1S/C24H25N3O3/c1-17-13-19(7-10-23(17)28)22-14-21(25-16-26-22)18-5-8-20(9-6-18)30-15-24(29)27-11-3-2-4-12-27/h5-10,13-14,16,28H,2-4,11-12,15H2,1H3. The van der Waals surface area contributed by atoms with Gasteiger partial charge in [-0.15, -0.1) is 0 Å². The van der Waals surface area contributed by atoms with Crippen LogP contribution in [-0.4, -0.2) is 45.6 Å². The highest BCUT2D eigenvalue weighted by Gasteiger charge is 2.16. The summed E-state index contributed by atoms with van der Waals surface area (Å²) >= 11 is 0. The van der Waals surface area contributed by atoms with Gasteiger partial charge in [-0.05, 0) is 80.3 Å². The molecule has 1 aliphatic rings. The fourth-order valence-electron chi connectivity index (χ4n) is 3.59. The van der Waals surface area contributed by atoms with E-state index in [1.165, 1.54) is 12.7 Å². The average Bonchev–Trinajstić information content (AvgIpc) is 2.80. The van der Waals surface area contributed by atoms with E-state index in [2.05, 4.69) is 9.97 Å². The van der Waals surface area contributed by atoms with Crippen LogP contribution in [0.25, 0.3) is 22.5 Å². The van der Waals surface area contributed by atoms with Crippen molar-refractivity contribution in [3.63, 3.8) is 0 Å². The van der Waals surface area contributed by atoms with E-state index in [1.54, 1.807) is 6.07 Å². The highest BCUT2D eigenvalue weighted by atomic mass is 16.5. The van der Waals surface area contributed by atoms with E-state index in [0.29, 0.717) is 5.75 Å². The molecule has 6 heteroatoms. The Morgan fingerprint density at radius 2 is 1.63 bits per heavy atom. The summed E-state index contributed by atoms with van der Waals surface area (Å²) in [6, 6.07) is 14.9. The maximum Gasteiger partial charge on any atom is 0.260 e. The van der Waals surface area contributed by atoms with Crippen LogP contribution in [0.5, 0.6) is 11.5 Å². The molecule has 1 aliphatic heterocycles. The number of hydrogen-bond donors (Lipinski definition) is 1. The third kappa shape index (κ3) is 4.59. The highest BCUT2D eigenvalue weighted by Crippen LogP contribution is 2.27. The summed E-state index contributed by atoms with van der Waals surface area (Å²) in [7, 11) is 0. The fraction of sp³-hybridized carbons (Fsp3) is 0.292. The van der Waals surface area contributed by atoms with Crippen LogP contribution >= 0.6 is 0 Å². The van der Waals surface area contributed by atoms with Gasteiger partial charge in [-0.3, -0.25) is 4.79 Å². The molecule has 0 radical (unpaired) electrons. The van der Waals surface area contributed by atoms with Crippen molar-refractivity contribution in [1.29, 1.82) is 0 Å². The number of benzene rings is 2. The van der Waals surface area contributed by atoms with Crippen molar-refractivity contribution in [3.8, 4) is 34.0 Å². The van der Waals surface area contributed by atoms with Crippen LogP contribution in [0.2, 0.25) is 0 Å². The molecule has 2 heterocycles. The van der Waals surface area contributed by atoms with Crippen molar-refractivity contribution in [3.05, 3.63) is 60.4 Å². The predicted octanol–water partition coefficient (Wildman–Crippen LogP) is 4.22. The second-order valence-corrected chi connectivity index (χ2v) is 7.54. The van der Waals surface area contributed by atoms with Crippen molar-refractivity contribution in [1.82, 2.24) is 14.9 Å². The molecular weight excluding hydrogens is 378 g/mol. The van der Waals surface area contributed by atoms with Gasteiger partial charge in [0.1, 0.15) is 17.8 Å². The number of aryl methyl sites for hydroxylation is 1. The monoisotopic (exact) mass is 403 g/mol. The van der Waals surface area contributed by atoms with Gasteiger partial charge in [-0.2, -0.15) is 0 Å². The molecule has 0 atom stereocenters. The predicted molar refractivity (Wildman–Crippen MR) is 115 cm³/mol. The number of rotatable bonds is 5.